The van der Waals surface area contributed by atoms with Crippen LogP contribution in [0.15, 0.2) is 47.5 Å². The van der Waals surface area contributed by atoms with Gasteiger partial charge in [-0.3, -0.25) is 4.99 Å². The second-order valence-corrected chi connectivity index (χ2v) is 7.93. The van der Waals surface area contributed by atoms with Crippen molar-refractivity contribution in [2.45, 2.75) is 38.4 Å². The van der Waals surface area contributed by atoms with E-state index < -0.39 is 17.6 Å². The molecule has 0 radical (unpaired) electrons. The van der Waals surface area contributed by atoms with Gasteiger partial charge >= 0.3 is 6.18 Å². The highest BCUT2D eigenvalue weighted by molar-refractivity contribution is 6.11. The molecule has 5 rings (SSSR count). The molecular formula is C24H20F4N4O. The first-order valence-corrected chi connectivity index (χ1v) is 10.7. The normalized spacial score (nSPS) is 17.1. The molecule has 0 saturated carbocycles. The summed E-state index contributed by atoms with van der Waals surface area (Å²) >= 11 is 0. The van der Waals surface area contributed by atoms with E-state index in [9.17, 15) is 17.6 Å². The minimum absolute atomic E-state index is 0.0558. The van der Waals surface area contributed by atoms with Crippen LogP contribution in [0, 0.1) is 5.82 Å². The lowest BCUT2D eigenvalue weighted by Gasteiger charge is -2.21. The van der Waals surface area contributed by atoms with Gasteiger partial charge in [-0.15, -0.1) is 0 Å². The largest absolute Gasteiger partial charge is 0.488 e. The smallest absolute Gasteiger partial charge is 0.417 e. The number of hydrogen-bond donors (Lipinski definition) is 1. The van der Waals surface area contributed by atoms with Gasteiger partial charge in [-0.1, -0.05) is 31.2 Å². The molecule has 2 aliphatic rings. The van der Waals surface area contributed by atoms with E-state index in [0.717, 1.165) is 11.6 Å². The number of aliphatic imine (C=N–C) groups is 1. The Morgan fingerprint density at radius 3 is 2.70 bits per heavy atom. The van der Waals surface area contributed by atoms with Crippen molar-refractivity contribution in [3.05, 3.63) is 70.7 Å². The van der Waals surface area contributed by atoms with Crippen LogP contribution >= 0.6 is 0 Å². The van der Waals surface area contributed by atoms with Crippen molar-refractivity contribution in [2.24, 2.45) is 4.99 Å². The highest BCUT2D eigenvalue weighted by Gasteiger charge is 2.35. The van der Waals surface area contributed by atoms with E-state index in [2.05, 4.69) is 20.3 Å². The van der Waals surface area contributed by atoms with E-state index in [-0.39, 0.29) is 23.2 Å². The number of anilines is 1. The summed E-state index contributed by atoms with van der Waals surface area (Å²) in [6, 6.07) is 9.55. The maximum atomic E-state index is 14.0. The molecule has 3 heterocycles. The predicted molar refractivity (Wildman–Crippen MR) is 116 cm³/mol. The van der Waals surface area contributed by atoms with Gasteiger partial charge in [0, 0.05) is 11.1 Å². The summed E-state index contributed by atoms with van der Waals surface area (Å²) in [4.78, 5) is 13.5. The molecule has 0 spiro atoms. The van der Waals surface area contributed by atoms with Gasteiger partial charge in [-0.2, -0.15) is 13.2 Å². The van der Waals surface area contributed by atoms with Crippen molar-refractivity contribution in [1.82, 2.24) is 9.97 Å². The van der Waals surface area contributed by atoms with Gasteiger partial charge in [0.05, 0.1) is 23.9 Å². The molecular weight excluding hydrogens is 436 g/mol. The van der Waals surface area contributed by atoms with Gasteiger partial charge < -0.3 is 10.1 Å². The average Bonchev–Trinajstić information content (AvgIpc) is 3.15. The lowest BCUT2D eigenvalue weighted by atomic mass is 10.0. The molecule has 1 N–H and O–H groups in total. The van der Waals surface area contributed by atoms with Crippen LogP contribution in [0.2, 0.25) is 0 Å². The minimum atomic E-state index is -4.56. The number of benzene rings is 2. The number of halogens is 4. The summed E-state index contributed by atoms with van der Waals surface area (Å²) in [6.07, 6.45) is -2.60. The molecule has 0 fully saturated rings. The van der Waals surface area contributed by atoms with Gasteiger partial charge in [-0.25, -0.2) is 14.4 Å². The first-order valence-electron chi connectivity index (χ1n) is 10.7. The van der Waals surface area contributed by atoms with Crippen LogP contribution in [-0.4, -0.2) is 22.4 Å². The van der Waals surface area contributed by atoms with Gasteiger partial charge in [0.1, 0.15) is 11.7 Å². The highest BCUT2D eigenvalue weighted by Crippen LogP contribution is 2.40. The molecule has 5 nitrogen and oxygen atoms in total. The molecule has 1 aromatic heterocycles. The molecule has 2 aromatic carbocycles. The quantitative estimate of drug-likeness (QED) is 0.495. The zero-order valence-electron chi connectivity index (χ0n) is 17.7. The molecule has 2 aliphatic heterocycles. The van der Waals surface area contributed by atoms with Gasteiger partial charge in [-0.05, 0) is 43.0 Å². The molecule has 1 unspecified atom stereocenters. The molecule has 170 valence electrons. The molecule has 33 heavy (non-hydrogen) atoms. The van der Waals surface area contributed by atoms with Crippen LogP contribution in [0.3, 0.4) is 0 Å². The maximum Gasteiger partial charge on any atom is 0.417 e. The molecule has 3 aromatic rings. The average molecular weight is 456 g/mol. The number of nitrogens with zero attached hydrogens (tertiary/aromatic N) is 3. The van der Waals surface area contributed by atoms with Crippen LogP contribution in [-0.2, 0) is 12.6 Å². The summed E-state index contributed by atoms with van der Waals surface area (Å²) < 4.78 is 60.7. The third-order valence-electron chi connectivity index (χ3n) is 5.75. The number of amidine groups is 1. The zero-order valence-corrected chi connectivity index (χ0v) is 17.7. The lowest BCUT2D eigenvalue weighted by Crippen LogP contribution is -2.19. The number of aryl methyl sites for hydroxylation is 1. The predicted octanol–water partition coefficient (Wildman–Crippen LogP) is 5.95. The summed E-state index contributed by atoms with van der Waals surface area (Å²) in [5.41, 5.74) is 1.07. The SMILES string of the molecule is CCC1N=C(Nc2nc(-c3ccccc3C(F)(F)F)nc3c2OCCC3)c2cc(F)ccc21. The Balaban J connectivity index is 1.62. The molecule has 9 heteroatoms. The fourth-order valence-corrected chi connectivity index (χ4v) is 4.20. The van der Waals surface area contributed by atoms with E-state index >= 15 is 0 Å². The monoisotopic (exact) mass is 456 g/mol. The number of aromatic nitrogens is 2. The summed E-state index contributed by atoms with van der Waals surface area (Å²) in [5, 5.41) is 3.11. The third kappa shape index (κ3) is 3.92. The summed E-state index contributed by atoms with van der Waals surface area (Å²) in [7, 11) is 0. The number of ether oxygens (including phenoxy) is 1. The first kappa shape index (κ1) is 21.4. The number of fused-ring (bicyclic) bond motifs is 2. The maximum absolute atomic E-state index is 14.0. The van der Waals surface area contributed by atoms with E-state index in [1.807, 2.05) is 6.92 Å². The Morgan fingerprint density at radius 2 is 1.91 bits per heavy atom. The Labute approximate surface area is 187 Å². The molecule has 0 saturated heterocycles. The fraction of sp³-hybridized carbons (Fsp3) is 0.292. The van der Waals surface area contributed by atoms with E-state index in [1.165, 1.54) is 30.3 Å². The number of alkyl halides is 3. The Morgan fingerprint density at radius 1 is 1.09 bits per heavy atom. The zero-order chi connectivity index (χ0) is 23.2. The Kier molecular flexibility index (Phi) is 5.26. The van der Waals surface area contributed by atoms with Gasteiger partial charge in [0.25, 0.3) is 0 Å². The molecule has 1 atom stereocenters. The van der Waals surface area contributed by atoms with Crippen molar-refractivity contribution >= 4 is 11.7 Å². The lowest BCUT2D eigenvalue weighted by molar-refractivity contribution is -0.137. The van der Waals surface area contributed by atoms with Crippen molar-refractivity contribution in [2.75, 3.05) is 11.9 Å². The topological polar surface area (TPSA) is 59.4 Å². The van der Waals surface area contributed by atoms with Crippen LogP contribution in [0.5, 0.6) is 5.75 Å². The van der Waals surface area contributed by atoms with Crippen molar-refractivity contribution in [3.8, 4) is 17.1 Å². The summed E-state index contributed by atoms with van der Waals surface area (Å²) in [6.45, 7) is 2.42. The minimum Gasteiger partial charge on any atom is -0.488 e. The van der Waals surface area contributed by atoms with Crippen molar-refractivity contribution in [3.63, 3.8) is 0 Å². The van der Waals surface area contributed by atoms with E-state index in [0.29, 0.717) is 48.7 Å². The van der Waals surface area contributed by atoms with Gasteiger partial charge in [0.2, 0.25) is 0 Å². The Hall–Kier alpha value is -3.49. The van der Waals surface area contributed by atoms with Crippen molar-refractivity contribution < 1.29 is 22.3 Å². The van der Waals surface area contributed by atoms with Crippen molar-refractivity contribution in [1.29, 1.82) is 0 Å². The Bertz CT molecular complexity index is 1260. The molecule has 0 amide bonds. The fourth-order valence-electron chi connectivity index (χ4n) is 4.20. The second-order valence-electron chi connectivity index (χ2n) is 7.93. The first-order chi connectivity index (χ1) is 15.8. The van der Waals surface area contributed by atoms with Gasteiger partial charge in [0.15, 0.2) is 17.4 Å². The number of nitrogens with one attached hydrogen (secondary N) is 1. The molecule has 0 aliphatic carbocycles. The van der Waals surface area contributed by atoms with E-state index in [1.54, 1.807) is 6.07 Å². The van der Waals surface area contributed by atoms with Crippen LogP contribution in [0.25, 0.3) is 11.4 Å². The standard InChI is InChI=1S/C24H20F4N4O/c1-2-18-14-10-9-13(25)12-16(14)22(29-18)32-23-20-19(8-5-11-33-20)30-21(31-23)15-6-3-4-7-17(15)24(26,27)28/h3-4,6-7,9-10,12,18H,2,5,8,11H2,1H3,(H,29,30,31,32). The van der Waals surface area contributed by atoms with E-state index in [4.69, 9.17) is 4.74 Å². The number of rotatable bonds is 3. The third-order valence-corrected chi connectivity index (χ3v) is 5.75. The summed E-state index contributed by atoms with van der Waals surface area (Å²) in [5.74, 6) is 0.550. The van der Waals surface area contributed by atoms with Crippen LogP contribution < -0.4 is 10.1 Å². The second kappa shape index (κ2) is 8.13. The number of hydrogen-bond acceptors (Lipinski definition) is 5. The van der Waals surface area contributed by atoms with Crippen LogP contribution in [0.4, 0.5) is 23.4 Å². The molecule has 0 bridgehead atoms. The highest BCUT2D eigenvalue weighted by atomic mass is 19.4. The van der Waals surface area contributed by atoms with Crippen LogP contribution in [0.1, 0.15) is 48.2 Å².